The van der Waals surface area contributed by atoms with Crippen LogP contribution in [-0.2, 0) is 4.79 Å². The van der Waals surface area contributed by atoms with Crippen molar-refractivity contribution < 1.29 is 4.79 Å². The molecule has 0 unspecified atom stereocenters. The number of carbonyl (C=O) groups excluding carboxylic acids is 1. The Kier molecular flexibility index (Phi) is 4.40. The molecule has 1 aromatic carbocycles. The van der Waals surface area contributed by atoms with Crippen molar-refractivity contribution in [2.24, 2.45) is 5.92 Å². The first-order valence-corrected chi connectivity index (χ1v) is 6.50. The minimum absolute atomic E-state index is 0.137. The Morgan fingerprint density at radius 3 is 2.61 bits per heavy atom. The van der Waals surface area contributed by atoms with Crippen molar-refractivity contribution in [3.05, 3.63) is 42.5 Å². The van der Waals surface area contributed by atoms with Crippen LogP contribution in [0.25, 0.3) is 0 Å². The number of anilines is 1. The first-order chi connectivity index (χ1) is 8.75. The third-order valence-electron chi connectivity index (χ3n) is 3.15. The van der Waals surface area contributed by atoms with E-state index in [4.69, 9.17) is 0 Å². The summed E-state index contributed by atoms with van der Waals surface area (Å²) in [7, 11) is 0. The van der Waals surface area contributed by atoms with Gasteiger partial charge in [-0.1, -0.05) is 30.4 Å². The van der Waals surface area contributed by atoms with E-state index in [1.807, 2.05) is 37.3 Å². The second-order valence-corrected chi connectivity index (χ2v) is 4.80. The van der Waals surface area contributed by atoms with Crippen LogP contribution in [0.15, 0.2) is 42.5 Å². The molecular weight excluding hydrogens is 224 g/mol. The fourth-order valence-corrected chi connectivity index (χ4v) is 2.07. The van der Waals surface area contributed by atoms with Gasteiger partial charge in [-0.05, 0) is 31.9 Å². The molecule has 1 aliphatic carbocycles. The lowest BCUT2D eigenvalue weighted by Gasteiger charge is -2.18. The lowest BCUT2D eigenvalue weighted by atomic mass is 10.1. The molecule has 3 nitrogen and oxygen atoms in total. The molecule has 2 rings (SSSR count). The minimum Gasteiger partial charge on any atom is -0.383 e. The quantitative estimate of drug-likeness (QED) is 0.782. The SMILES string of the molecule is C[C@H](CNc1ccccc1)NC(=O)C1CC=CC1. The van der Waals surface area contributed by atoms with Gasteiger partial charge in [-0.2, -0.15) is 0 Å². The Balaban J connectivity index is 1.72. The van der Waals surface area contributed by atoms with E-state index in [0.29, 0.717) is 0 Å². The third-order valence-corrected chi connectivity index (χ3v) is 3.15. The minimum atomic E-state index is 0.137. The number of hydrogen-bond acceptors (Lipinski definition) is 2. The largest absolute Gasteiger partial charge is 0.383 e. The van der Waals surface area contributed by atoms with E-state index in [1.54, 1.807) is 0 Å². The molecule has 3 heteroatoms. The van der Waals surface area contributed by atoms with Crippen LogP contribution in [0.2, 0.25) is 0 Å². The molecule has 0 heterocycles. The van der Waals surface area contributed by atoms with E-state index in [1.165, 1.54) is 0 Å². The number of rotatable bonds is 5. The van der Waals surface area contributed by atoms with Gasteiger partial charge in [0.2, 0.25) is 5.91 Å². The van der Waals surface area contributed by atoms with Crippen LogP contribution in [0.1, 0.15) is 19.8 Å². The molecule has 0 fully saturated rings. The molecule has 2 N–H and O–H groups in total. The molecule has 0 spiro atoms. The number of amides is 1. The van der Waals surface area contributed by atoms with Gasteiger partial charge in [0.05, 0.1) is 0 Å². The van der Waals surface area contributed by atoms with Gasteiger partial charge < -0.3 is 10.6 Å². The zero-order chi connectivity index (χ0) is 12.8. The standard InChI is InChI=1S/C15H20N2O/c1-12(11-16-14-9-3-2-4-10-14)17-15(18)13-7-5-6-8-13/h2-6,9-10,12-13,16H,7-8,11H2,1H3,(H,17,18)/t12-/m1/s1. The maximum absolute atomic E-state index is 11.9. The Labute approximate surface area is 108 Å². The smallest absolute Gasteiger partial charge is 0.224 e. The van der Waals surface area contributed by atoms with E-state index < -0.39 is 0 Å². The first-order valence-electron chi connectivity index (χ1n) is 6.50. The van der Waals surface area contributed by atoms with Gasteiger partial charge in [-0.15, -0.1) is 0 Å². The van der Waals surface area contributed by atoms with Crippen LogP contribution in [0.5, 0.6) is 0 Å². The summed E-state index contributed by atoms with van der Waals surface area (Å²) in [5, 5.41) is 6.36. The summed E-state index contributed by atoms with van der Waals surface area (Å²) in [5.74, 6) is 0.312. The molecule has 1 atom stereocenters. The maximum Gasteiger partial charge on any atom is 0.224 e. The highest BCUT2D eigenvalue weighted by Gasteiger charge is 2.20. The van der Waals surface area contributed by atoms with Gasteiger partial charge in [-0.3, -0.25) is 4.79 Å². The average Bonchev–Trinajstić information content (AvgIpc) is 2.91. The van der Waals surface area contributed by atoms with Crippen molar-refractivity contribution in [3.8, 4) is 0 Å². The Morgan fingerprint density at radius 2 is 1.94 bits per heavy atom. The molecule has 0 saturated carbocycles. The highest BCUT2D eigenvalue weighted by molar-refractivity contribution is 5.79. The molecular formula is C15H20N2O. The normalized spacial score (nSPS) is 16.5. The second-order valence-electron chi connectivity index (χ2n) is 4.80. The fourth-order valence-electron chi connectivity index (χ4n) is 2.07. The van der Waals surface area contributed by atoms with Crippen LogP contribution in [0.4, 0.5) is 5.69 Å². The summed E-state index contributed by atoms with van der Waals surface area (Å²) < 4.78 is 0. The van der Waals surface area contributed by atoms with Gasteiger partial charge in [0.1, 0.15) is 0 Å². The van der Waals surface area contributed by atoms with E-state index in [-0.39, 0.29) is 17.9 Å². The van der Waals surface area contributed by atoms with E-state index in [0.717, 1.165) is 25.1 Å². The molecule has 1 aromatic rings. The lowest BCUT2D eigenvalue weighted by molar-refractivity contribution is -0.125. The Morgan fingerprint density at radius 1 is 1.28 bits per heavy atom. The van der Waals surface area contributed by atoms with Crippen molar-refractivity contribution in [2.75, 3.05) is 11.9 Å². The predicted octanol–water partition coefficient (Wildman–Crippen LogP) is 2.57. The molecule has 0 aromatic heterocycles. The average molecular weight is 244 g/mol. The molecule has 0 radical (unpaired) electrons. The molecule has 0 bridgehead atoms. The number of nitrogens with one attached hydrogen (secondary N) is 2. The Bertz CT molecular complexity index is 406. The summed E-state index contributed by atoms with van der Waals surface area (Å²) in [4.78, 5) is 11.9. The Hall–Kier alpha value is -1.77. The van der Waals surface area contributed by atoms with Gasteiger partial charge in [0.15, 0.2) is 0 Å². The second kappa shape index (κ2) is 6.24. The van der Waals surface area contributed by atoms with Gasteiger partial charge in [0, 0.05) is 24.2 Å². The van der Waals surface area contributed by atoms with E-state index in [2.05, 4.69) is 22.8 Å². The van der Waals surface area contributed by atoms with Crippen molar-refractivity contribution in [2.45, 2.75) is 25.8 Å². The molecule has 1 aliphatic rings. The highest BCUT2D eigenvalue weighted by Crippen LogP contribution is 2.17. The zero-order valence-electron chi connectivity index (χ0n) is 10.7. The van der Waals surface area contributed by atoms with Crippen LogP contribution in [0.3, 0.4) is 0 Å². The van der Waals surface area contributed by atoms with Crippen LogP contribution >= 0.6 is 0 Å². The summed E-state index contributed by atoms with van der Waals surface area (Å²) in [6, 6.07) is 10.2. The molecule has 0 saturated heterocycles. The van der Waals surface area contributed by atoms with Gasteiger partial charge >= 0.3 is 0 Å². The third kappa shape index (κ3) is 3.62. The molecule has 1 amide bonds. The first kappa shape index (κ1) is 12.7. The highest BCUT2D eigenvalue weighted by atomic mass is 16.1. The summed E-state index contributed by atoms with van der Waals surface area (Å²) >= 11 is 0. The molecule has 96 valence electrons. The van der Waals surface area contributed by atoms with Crippen molar-refractivity contribution >= 4 is 11.6 Å². The van der Waals surface area contributed by atoms with Gasteiger partial charge in [0.25, 0.3) is 0 Å². The van der Waals surface area contributed by atoms with Crippen molar-refractivity contribution in [1.82, 2.24) is 5.32 Å². The number of hydrogen-bond donors (Lipinski definition) is 2. The number of para-hydroxylation sites is 1. The molecule has 0 aliphatic heterocycles. The summed E-state index contributed by atoms with van der Waals surface area (Å²) in [6.07, 6.45) is 5.92. The lowest BCUT2D eigenvalue weighted by Crippen LogP contribution is -2.40. The van der Waals surface area contributed by atoms with Crippen LogP contribution < -0.4 is 10.6 Å². The van der Waals surface area contributed by atoms with Gasteiger partial charge in [-0.25, -0.2) is 0 Å². The number of carbonyl (C=O) groups is 1. The summed E-state index contributed by atoms with van der Waals surface area (Å²) in [6.45, 7) is 2.77. The van der Waals surface area contributed by atoms with Crippen molar-refractivity contribution in [1.29, 1.82) is 0 Å². The zero-order valence-corrected chi connectivity index (χ0v) is 10.7. The predicted molar refractivity (Wildman–Crippen MR) is 74.4 cm³/mol. The van der Waals surface area contributed by atoms with Crippen LogP contribution in [-0.4, -0.2) is 18.5 Å². The monoisotopic (exact) mass is 244 g/mol. The van der Waals surface area contributed by atoms with E-state index in [9.17, 15) is 4.79 Å². The van der Waals surface area contributed by atoms with E-state index >= 15 is 0 Å². The number of benzene rings is 1. The molecule has 18 heavy (non-hydrogen) atoms. The number of allylic oxidation sites excluding steroid dienone is 2. The fraction of sp³-hybridized carbons (Fsp3) is 0.400. The summed E-state index contributed by atoms with van der Waals surface area (Å²) in [5.41, 5.74) is 1.08. The van der Waals surface area contributed by atoms with Crippen molar-refractivity contribution in [3.63, 3.8) is 0 Å². The topological polar surface area (TPSA) is 41.1 Å². The van der Waals surface area contributed by atoms with Crippen LogP contribution in [0, 0.1) is 5.92 Å². The maximum atomic E-state index is 11.9.